The Morgan fingerprint density at radius 2 is 2.23 bits per heavy atom. The van der Waals surface area contributed by atoms with E-state index >= 15 is 0 Å². The first kappa shape index (κ1) is 9.16. The summed E-state index contributed by atoms with van der Waals surface area (Å²) >= 11 is 0. The van der Waals surface area contributed by atoms with Gasteiger partial charge in [0.25, 0.3) is 0 Å². The van der Waals surface area contributed by atoms with E-state index in [4.69, 9.17) is 9.47 Å². The van der Waals surface area contributed by atoms with E-state index in [9.17, 15) is 4.79 Å². The third-order valence-corrected chi connectivity index (χ3v) is 3.13. The number of hydrogen-bond acceptors (Lipinski definition) is 3. The minimum Gasteiger partial charge on any atom is -0.381 e. The molecule has 2 fully saturated rings. The zero-order valence-electron chi connectivity index (χ0n) is 7.83. The standard InChI is InChI=1S/C10H16O3/c11-8-10(4-2-6-13-10)9-3-1-5-12-7-9/h8-9H,1-7H2. The third-order valence-electron chi connectivity index (χ3n) is 3.13. The molecule has 0 aromatic heterocycles. The molecule has 0 amide bonds. The summed E-state index contributed by atoms with van der Waals surface area (Å²) in [7, 11) is 0. The lowest BCUT2D eigenvalue weighted by Gasteiger charge is -2.34. The molecule has 0 N–H and O–H groups in total. The summed E-state index contributed by atoms with van der Waals surface area (Å²) < 4.78 is 11.0. The maximum absolute atomic E-state index is 11.0. The Bertz CT molecular complexity index is 179. The van der Waals surface area contributed by atoms with Crippen molar-refractivity contribution in [1.82, 2.24) is 0 Å². The Morgan fingerprint density at radius 1 is 1.31 bits per heavy atom. The van der Waals surface area contributed by atoms with Crippen LogP contribution in [0.15, 0.2) is 0 Å². The van der Waals surface area contributed by atoms with Crippen LogP contribution in [0.25, 0.3) is 0 Å². The van der Waals surface area contributed by atoms with Crippen molar-refractivity contribution in [3.05, 3.63) is 0 Å². The van der Waals surface area contributed by atoms with Crippen LogP contribution in [0.5, 0.6) is 0 Å². The fourth-order valence-corrected chi connectivity index (χ4v) is 2.32. The molecule has 0 saturated carbocycles. The summed E-state index contributed by atoms with van der Waals surface area (Å²) in [4.78, 5) is 11.0. The van der Waals surface area contributed by atoms with Crippen LogP contribution in [-0.4, -0.2) is 31.7 Å². The maximum atomic E-state index is 11.0. The molecule has 2 heterocycles. The molecule has 3 nitrogen and oxygen atoms in total. The molecule has 74 valence electrons. The minimum absolute atomic E-state index is 0.293. The number of rotatable bonds is 2. The summed E-state index contributed by atoms with van der Waals surface area (Å²) in [6.45, 7) is 2.26. The van der Waals surface area contributed by atoms with Gasteiger partial charge in [-0.15, -0.1) is 0 Å². The first-order chi connectivity index (χ1) is 6.37. The topological polar surface area (TPSA) is 35.5 Å². The second kappa shape index (κ2) is 3.76. The van der Waals surface area contributed by atoms with E-state index in [2.05, 4.69) is 0 Å². The van der Waals surface area contributed by atoms with Gasteiger partial charge in [0.2, 0.25) is 0 Å². The van der Waals surface area contributed by atoms with Gasteiger partial charge in [0.05, 0.1) is 6.61 Å². The fourth-order valence-electron chi connectivity index (χ4n) is 2.32. The number of ether oxygens (including phenoxy) is 2. The van der Waals surface area contributed by atoms with Crippen molar-refractivity contribution in [3.8, 4) is 0 Å². The summed E-state index contributed by atoms with van der Waals surface area (Å²) in [5, 5.41) is 0. The molecule has 0 radical (unpaired) electrons. The molecule has 2 atom stereocenters. The highest BCUT2D eigenvalue weighted by atomic mass is 16.5. The highest BCUT2D eigenvalue weighted by Gasteiger charge is 2.43. The highest BCUT2D eigenvalue weighted by Crippen LogP contribution is 2.35. The zero-order valence-corrected chi connectivity index (χ0v) is 7.83. The van der Waals surface area contributed by atoms with Crippen molar-refractivity contribution < 1.29 is 14.3 Å². The molecule has 0 aromatic carbocycles. The van der Waals surface area contributed by atoms with Crippen LogP contribution < -0.4 is 0 Å². The number of hydrogen-bond donors (Lipinski definition) is 0. The molecule has 0 aliphatic carbocycles. The summed E-state index contributed by atoms with van der Waals surface area (Å²) in [5.41, 5.74) is -0.500. The maximum Gasteiger partial charge on any atom is 0.152 e. The van der Waals surface area contributed by atoms with Gasteiger partial charge < -0.3 is 14.3 Å². The van der Waals surface area contributed by atoms with Crippen LogP contribution in [0.3, 0.4) is 0 Å². The van der Waals surface area contributed by atoms with Crippen molar-refractivity contribution >= 4 is 6.29 Å². The van der Waals surface area contributed by atoms with Crippen molar-refractivity contribution in [1.29, 1.82) is 0 Å². The predicted octanol–water partition coefficient (Wildman–Crippen LogP) is 1.16. The van der Waals surface area contributed by atoms with Gasteiger partial charge in [-0.3, -0.25) is 0 Å². The molecular formula is C10H16O3. The average Bonchev–Trinajstić information content (AvgIpc) is 2.69. The Balaban J connectivity index is 2.05. The molecular weight excluding hydrogens is 168 g/mol. The van der Waals surface area contributed by atoms with Crippen LogP contribution in [0.2, 0.25) is 0 Å². The highest BCUT2D eigenvalue weighted by molar-refractivity contribution is 5.63. The first-order valence-electron chi connectivity index (χ1n) is 5.05. The molecule has 3 heteroatoms. The summed E-state index contributed by atoms with van der Waals surface area (Å²) in [5.74, 6) is 0.293. The van der Waals surface area contributed by atoms with Gasteiger partial charge in [-0.1, -0.05) is 0 Å². The lowest BCUT2D eigenvalue weighted by Crippen LogP contribution is -2.43. The molecule has 0 aromatic rings. The predicted molar refractivity (Wildman–Crippen MR) is 47.5 cm³/mol. The molecule has 0 spiro atoms. The number of aldehydes is 1. The van der Waals surface area contributed by atoms with Gasteiger partial charge in [0, 0.05) is 19.1 Å². The minimum atomic E-state index is -0.500. The van der Waals surface area contributed by atoms with E-state index < -0.39 is 5.60 Å². The van der Waals surface area contributed by atoms with Crippen LogP contribution in [0.4, 0.5) is 0 Å². The second-order valence-electron chi connectivity index (χ2n) is 3.94. The van der Waals surface area contributed by atoms with Gasteiger partial charge in [-0.25, -0.2) is 0 Å². The smallest absolute Gasteiger partial charge is 0.152 e. The average molecular weight is 184 g/mol. The molecule has 13 heavy (non-hydrogen) atoms. The van der Waals surface area contributed by atoms with Crippen molar-refractivity contribution in [2.75, 3.05) is 19.8 Å². The lowest BCUT2D eigenvalue weighted by molar-refractivity contribution is -0.139. The largest absolute Gasteiger partial charge is 0.381 e. The van der Waals surface area contributed by atoms with Crippen LogP contribution >= 0.6 is 0 Å². The molecule has 2 unspecified atom stereocenters. The number of carbonyl (C=O) groups is 1. The number of carbonyl (C=O) groups excluding carboxylic acids is 1. The van der Waals surface area contributed by atoms with Crippen molar-refractivity contribution in [2.45, 2.75) is 31.3 Å². The molecule has 2 aliphatic heterocycles. The van der Waals surface area contributed by atoms with Gasteiger partial charge >= 0.3 is 0 Å². The van der Waals surface area contributed by atoms with Crippen molar-refractivity contribution in [3.63, 3.8) is 0 Å². The van der Waals surface area contributed by atoms with Crippen LogP contribution in [0.1, 0.15) is 25.7 Å². The van der Waals surface area contributed by atoms with E-state index in [1.165, 1.54) is 0 Å². The Hall–Kier alpha value is -0.410. The second-order valence-corrected chi connectivity index (χ2v) is 3.94. The van der Waals surface area contributed by atoms with E-state index in [-0.39, 0.29) is 0 Å². The van der Waals surface area contributed by atoms with Gasteiger partial charge in [0.1, 0.15) is 5.60 Å². The molecule has 2 saturated heterocycles. The van der Waals surface area contributed by atoms with E-state index in [0.717, 1.165) is 45.2 Å². The molecule has 0 bridgehead atoms. The Kier molecular flexibility index (Phi) is 2.65. The Labute approximate surface area is 78.4 Å². The Morgan fingerprint density at radius 3 is 2.77 bits per heavy atom. The van der Waals surface area contributed by atoms with E-state index in [1.807, 2.05) is 0 Å². The monoisotopic (exact) mass is 184 g/mol. The normalized spacial score (nSPS) is 40.5. The molecule has 2 aliphatic rings. The fraction of sp³-hybridized carbons (Fsp3) is 0.900. The van der Waals surface area contributed by atoms with Crippen molar-refractivity contribution in [2.24, 2.45) is 5.92 Å². The SMILES string of the molecule is O=CC1(C2CCCOC2)CCCO1. The van der Waals surface area contributed by atoms with Gasteiger partial charge in [-0.05, 0) is 25.7 Å². The third kappa shape index (κ3) is 1.63. The van der Waals surface area contributed by atoms with E-state index in [0.29, 0.717) is 12.5 Å². The van der Waals surface area contributed by atoms with E-state index in [1.54, 1.807) is 0 Å². The summed E-state index contributed by atoms with van der Waals surface area (Å²) in [6.07, 6.45) is 5.02. The zero-order chi connectivity index (χ0) is 9.15. The lowest BCUT2D eigenvalue weighted by atomic mass is 9.82. The van der Waals surface area contributed by atoms with Crippen LogP contribution in [0, 0.1) is 5.92 Å². The quantitative estimate of drug-likeness (QED) is 0.604. The summed E-state index contributed by atoms with van der Waals surface area (Å²) in [6, 6.07) is 0. The van der Waals surface area contributed by atoms with Gasteiger partial charge in [-0.2, -0.15) is 0 Å². The van der Waals surface area contributed by atoms with Crippen LogP contribution in [-0.2, 0) is 14.3 Å². The molecule has 2 rings (SSSR count). The first-order valence-corrected chi connectivity index (χ1v) is 5.05. The van der Waals surface area contributed by atoms with Gasteiger partial charge in [0.15, 0.2) is 6.29 Å².